The highest BCUT2D eigenvalue weighted by molar-refractivity contribution is 5.95. The van der Waals surface area contributed by atoms with Gasteiger partial charge in [-0.25, -0.2) is 9.97 Å². The summed E-state index contributed by atoms with van der Waals surface area (Å²) in [5.74, 6) is 0.871. The molecule has 2 aromatic rings. The first kappa shape index (κ1) is 15.1. The van der Waals surface area contributed by atoms with Gasteiger partial charge in [0.05, 0.1) is 0 Å². The van der Waals surface area contributed by atoms with E-state index < -0.39 is 0 Å². The number of hydrogen-bond donors (Lipinski definition) is 1. The number of hydrogen-bond acceptors (Lipinski definition) is 4. The van der Waals surface area contributed by atoms with E-state index in [1.807, 2.05) is 42.2 Å². The number of amides is 1. The Hall–Kier alpha value is -2.43. The summed E-state index contributed by atoms with van der Waals surface area (Å²) < 4.78 is 0. The fraction of sp³-hybridized carbons (Fsp3) is 0.421. The first-order chi connectivity index (χ1) is 11.7. The zero-order valence-electron chi connectivity index (χ0n) is 13.9. The topological polar surface area (TPSA) is 58.1 Å². The molecule has 1 aliphatic heterocycles. The zero-order valence-corrected chi connectivity index (χ0v) is 13.9. The molecule has 4 rings (SSSR count). The van der Waals surface area contributed by atoms with Crippen LogP contribution in [0.5, 0.6) is 0 Å². The third-order valence-corrected chi connectivity index (χ3v) is 5.36. The predicted molar refractivity (Wildman–Crippen MR) is 92.8 cm³/mol. The zero-order chi connectivity index (χ0) is 16.6. The number of carbonyl (C=O) groups is 1. The molecule has 5 nitrogen and oxygen atoms in total. The Balaban J connectivity index is 1.36. The van der Waals surface area contributed by atoms with Crippen LogP contribution in [-0.2, 0) is 0 Å². The van der Waals surface area contributed by atoms with Crippen LogP contribution in [0.1, 0.15) is 35.2 Å². The van der Waals surface area contributed by atoms with Crippen molar-refractivity contribution in [1.82, 2.24) is 14.9 Å². The lowest BCUT2D eigenvalue weighted by atomic mass is 9.65. The molecule has 1 saturated heterocycles. The first-order valence-corrected chi connectivity index (χ1v) is 8.54. The van der Waals surface area contributed by atoms with Gasteiger partial charge >= 0.3 is 0 Å². The molecule has 1 aromatic carbocycles. The highest BCUT2D eigenvalue weighted by Gasteiger charge is 2.49. The van der Waals surface area contributed by atoms with Crippen molar-refractivity contribution in [3.8, 4) is 0 Å². The van der Waals surface area contributed by atoms with Gasteiger partial charge < -0.3 is 10.2 Å². The third-order valence-electron chi connectivity index (χ3n) is 5.36. The maximum Gasteiger partial charge on any atom is 0.254 e. The van der Waals surface area contributed by atoms with Crippen molar-refractivity contribution in [2.75, 3.05) is 18.4 Å². The number of aryl methyl sites for hydroxylation is 1. The normalized spacial score (nSPS) is 25.5. The molecular weight excluding hydrogens is 300 g/mol. The summed E-state index contributed by atoms with van der Waals surface area (Å²) in [5, 5.41) is 3.39. The number of benzene rings is 1. The van der Waals surface area contributed by atoms with Crippen LogP contribution in [0.15, 0.2) is 42.7 Å². The molecule has 2 heterocycles. The maximum atomic E-state index is 12.8. The molecule has 1 aromatic heterocycles. The van der Waals surface area contributed by atoms with Gasteiger partial charge in [-0.1, -0.05) is 18.2 Å². The Morgan fingerprint density at radius 1 is 1.21 bits per heavy atom. The van der Waals surface area contributed by atoms with Gasteiger partial charge in [0, 0.05) is 37.1 Å². The smallest absolute Gasteiger partial charge is 0.254 e. The summed E-state index contributed by atoms with van der Waals surface area (Å²) in [7, 11) is 0. The van der Waals surface area contributed by atoms with E-state index in [0.717, 1.165) is 43.5 Å². The van der Waals surface area contributed by atoms with E-state index in [1.54, 1.807) is 12.4 Å². The molecule has 124 valence electrons. The number of likely N-dealkylation sites (tertiary alicyclic amines) is 1. The maximum absolute atomic E-state index is 12.8. The number of nitrogens with one attached hydrogen (secondary N) is 1. The molecule has 1 spiro atoms. The quantitative estimate of drug-likeness (QED) is 0.944. The van der Waals surface area contributed by atoms with Gasteiger partial charge in [0.1, 0.15) is 0 Å². The Bertz CT molecular complexity index is 740. The second-order valence-electron chi connectivity index (χ2n) is 7.11. The van der Waals surface area contributed by atoms with Crippen LogP contribution in [0.2, 0.25) is 0 Å². The average molecular weight is 322 g/mol. The standard InChI is InChI=1S/C19H22N4O/c1-14-5-2-3-6-16(14)17(24)23-10-7-19(13-23)11-15(12-19)22-18-20-8-4-9-21-18/h2-6,8-9,15H,7,10-13H2,1H3,(H,20,21,22). The average Bonchev–Trinajstić information content (AvgIpc) is 3.01. The molecule has 1 N–H and O–H groups in total. The van der Waals surface area contributed by atoms with Gasteiger partial charge in [0.25, 0.3) is 5.91 Å². The number of anilines is 1. The van der Waals surface area contributed by atoms with Gasteiger partial charge in [0.15, 0.2) is 0 Å². The molecular formula is C19H22N4O. The second kappa shape index (κ2) is 5.89. The molecule has 2 aliphatic rings. The molecule has 0 unspecified atom stereocenters. The summed E-state index contributed by atoms with van der Waals surface area (Å²) in [4.78, 5) is 23.2. The lowest BCUT2D eigenvalue weighted by Crippen LogP contribution is -2.47. The van der Waals surface area contributed by atoms with E-state index in [1.165, 1.54) is 0 Å². The fourth-order valence-electron chi connectivity index (χ4n) is 4.07. The Morgan fingerprint density at radius 3 is 2.71 bits per heavy atom. The lowest BCUT2D eigenvalue weighted by molar-refractivity contribution is 0.0715. The van der Waals surface area contributed by atoms with Crippen molar-refractivity contribution in [1.29, 1.82) is 0 Å². The van der Waals surface area contributed by atoms with Crippen molar-refractivity contribution < 1.29 is 4.79 Å². The summed E-state index contributed by atoms with van der Waals surface area (Å²) in [5.41, 5.74) is 2.17. The fourth-order valence-corrected chi connectivity index (χ4v) is 4.07. The van der Waals surface area contributed by atoms with Crippen LogP contribution in [0.25, 0.3) is 0 Å². The molecule has 1 aliphatic carbocycles. The van der Waals surface area contributed by atoms with Crippen molar-refractivity contribution in [3.63, 3.8) is 0 Å². The van der Waals surface area contributed by atoms with Crippen LogP contribution < -0.4 is 5.32 Å². The minimum absolute atomic E-state index is 0.174. The van der Waals surface area contributed by atoms with Crippen LogP contribution in [0.3, 0.4) is 0 Å². The molecule has 1 saturated carbocycles. The van der Waals surface area contributed by atoms with Crippen molar-refractivity contribution in [2.24, 2.45) is 5.41 Å². The Labute approximate surface area is 142 Å². The van der Waals surface area contributed by atoms with Gasteiger partial charge in [-0.2, -0.15) is 0 Å². The van der Waals surface area contributed by atoms with Crippen molar-refractivity contribution in [3.05, 3.63) is 53.9 Å². The summed E-state index contributed by atoms with van der Waals surface area (Å²) in [6.45, 7) is 3.73. The van der Waals surface area contributed by atoms with Crippen LogP contribution in [-0.4, -0.2) is 39.9 Å². The van der Waals surface area contributed by atoms with Crippen LogP contribution in [0, 0.1) is 12.3 Å². The SMILES string of the molecule is Cc1ccccc1C(=O)N1CCC2(CC(Nc3ncccn3)C2)C1. The monoisotopic (exact) mass is 322 g/mol. The molecule has 24 heavy (non-hydrogen) atoms. The second-order valence-corrected chi connectivity index (χ2v) is 7.11. The number of carbonyl (C=O) groups excluding carboxylic acids is 1. The minimum Gasteiger partial charge on any atom is -0.351 e. The van der Waals surface area contributed by atoms with E-state index in [0.29, 0.717) is 12.0 Å². The first-order valence-electron chi connectivity index (χ1n) is 8.54. The van der Waals surface area contributed by atoms with Crippen LogP contribution >= 0.6 is 0 Å². The highest BCUT2D eigenvalue weighted by Crippen LogP contribution is 2.49. The number of rotatable bonds is 3. The van der Waals surface area contributed by atoms with Crippen molar-refractivity contribution >= 4 is 11.9 Å². The van der Waals surface area contributed by atoms with Gasteiger partial charge in [-0.15, -0.1) is 0 Å². The van der Waals surface area contributed by atoms with E-state index in [2.05, 4.69) is 15.3 Å². The van der Waals surface area contributed by atoms with E-state index in [9.17, 15) is 4.79 Å². The Morgan fingerprint density at radius 2 is 1.96 bits per heavy atom. The molecule has 5 heteroatoms. The van der Waals surface area contributed by atoms with Gasteiger partial charge in [-0.3, -0.25) is 4.79 Å². The lowest BCUT2D eigenvalue weighted by Gasteiger charge is -2.45. The highest BCUT2D eigenvalue weighted by atomic mass is 16.2. The third kappa shape index (κ3) is 2.75. The molecule has 1 amide bonds. The van der Waals surface area contributed by atoms with Crippen molar-refractivity contribution in [2.45, 2.75) is 32.2 Å². The van der Waals surface area contributed by atoms with Gasteiger partial charge in [-0.05, 0) is 49.3 Å². The summed E-state index contributed by atoms with van der Waals surface area (Å²) in [6, 6.07) is 10.1. The van der Waals surface area contributed by atoms with E-state index in [4.69, 9.17) is 0 Å². The largest absolute Gasteiger partial charge is 0.351 e. The van der Waals surface area contributed by atoms with Crippen LogP contribution in [0.4, 0.5) is 5.95 Å². The van der Waals surface area contributed by atoms with Gasteiger partial charge in [0.2, 0.25) is 5.95 Å². The Kier molecular flexibility index (Phi) is 3.71. The number of aromatic nitrogens is 2. The van der Waals surface area contributed by atoms with E-state index in [-0.39, 0.29) is 11.3 Å². The number of nitrogens with zero attached hydrogens (tertiary/aromatic N) is 3. The molecule has 0 radical (unpaired) electrons. The molecule has 0 atom stereocenters. The van der Waals surface area contributed by atoms with E-state index >= 15 is 0 Å². The molecule has 2 fully saturated rings. The minimum atomic E-state index is 0.174. The summed E-state index contributed by atoms with van der Waals surface area (Å²) in [6.07, 6.45) is 6.77. The predicted octanol–water partition coefficient (Wildman–Crippen LogP) is 2.89. The molecule has 0 bridgehead atoms. The summed E-state index contributed by atoms with van der Waals surface area (Å²) >= 11 is 0.